The molecule has 0 fully saturated rings. The normalized spacial score (nSPS) is 11.4. The highest BCUT2D eigenvalue weighted by Gasteiger charge is 2.17. The van der Waals surface area contributed by atoms with Crippen LogP contribution in [0.4, 0.5) is 0 Å². The summed E-state index contributed by atoms with van der Waals surface area (Å²) in [6.07, 6.45) is 3.23. The van der Waals surface area contributed by atoms with Crippen LogP contribution in [-0.4, -0.2) is 9.55 Å². The molecule has 0 saturated carbocycles. The van der Waals surface area contributed by atoms with Crippen LogP contribution >= 0.6 is 15.9 Å². The molecule has 1 aromatic heterocycles. The van der Waals surface area contributed by atoms with Crippen LogP contribution < -0.4 is 10.3 Å². The van der Waals surface area contributed by atoms with E-state index in [4.69, 9.17) is 4.74 Å². The second-order valence-electron chi connectivity index (χ2n) is 5.13. The van der Waals surface area contributed by atoms with Crippen LogP contribution in [-0.2, 0) is 5.54 Å². The molecule has 0 atom stereocenters. The van der Waals surface area contributed by atoms with Crippen molar-refractivity contribution in [1.82, 2.24) is 9.55 Å². The Morgan fingerprint density at radius 3 is 2.42 bits per heavy atom. The van der Waals surface area contributed by atoms with Gasteiger partial charge in [0.15, 0.2) is 0 Å². The molecule has 1 heterocycles. The number of hydrogen-bond donors (Lipinski definition) is 0. The zero-order chi connectivity index (χ0) is 14.0. The summed E-state index contributed by atoms with van der Waals surface area (Å²) >= 11 is 3.35. The fraction of sp³-hybridized carbons (Fsp3) is 0.286. The first-order chi connectivity index (χ1) is 8.88. The fourth-order valence-electron chi connectivity index (χ4n) is 1.61. The molecule has 0 aliphatic heterocycles. The molecule has 5 heteroatoms. The first-order valence-corrected chi connectivity index (χ1v) is 6.69. The van der Waals surface area contributed by atoms with E-state index in [1.54, 1.807) is 29.1 Å². The van der Waals surface area contributed by atoms with E-state index in [1.165, 1.54) is 0 Å². The Morgan fingerprint density at radius 2 is 1.84 bits per heavy atom. The van der Waals surface area contributed by atoms with E-state index in [0.29, 0.717) is 5.75 Å². The predicted octanol–water partition coefficient (Wildman–Crippen LogP) is 3.55. The van der Waals surface area contributed by atoms with E-state index >= 15 is 0 Å². The second-order valence-corrected chi connectivity index (χ2v) is 6.05. The Morgan fingerprint density at radius 1 is 1.21 bits per heavy atom. The van der Waals surface area contributed by atoms with E-state index in [2.05, 4.69) is 20.9 Å². The summed E-state index contributed by atoms with van der Waals surface area (Å²) in [6.45, 7) is 5.87. The highest BCUT2D eigenvalue weighted by Crippen LogP contribution is 2.20. The fourth-order valence-corrected chi connectivity index (χ4v) is 1.87. The molecule has 0 N–H and O–H groups in total. The van der Waals surface area contributed by atoms with Gasteiger partial charge >= 0.3 is 5.56 Å². The third-order valence-corrected chi connectivity index (χ3v) is 3.09. The maximum Gasteiger partial charge on any atom is 0.314 e. The molecular weight excluding hydrogens is 308 g/mol. The van der Waals surface area contributed by atoms with E-state index in [1.807, 2.05) is 32.9 Å². The monoisotopic (exact) mass is 322 g/mol. The van der Waals surface area contributed by atoms with Gasteiger partial charge in [-0.3, -0.25) is 4.79 Å². The molecular formula is C14H15BrN2O2. The van der Waals surface area contributed by atoms with Crippen molar-refractivity contribution in [3.05, 3.63) is 51.5 Å². The van der Waals surface area contributed by atoms with Gasteiger partial charge in [0, 0.05) is 22.4 Å². The zero-order valence-electron chi connectivity index (χ0n) is 11.1. The van der Waals surface area contributed by atoms with Gasteiger partial charge in [-0.15, -0.1) is 0 Å². The molecule has 0 spiro atoms. The summed E-state index contributed by atoms with van der Waals surface area (Å²) in [4.78, 5) is 16.3. The lowest BCUT2D eigenvalue weighted by atomic mass is 10.1. The SMILES string of the molecule is CC(C)(C)n1ccnc(Oc2ccc(Br)cc2)c1=O. The van der Waals surface area contributed by atoms with Crippen LogP contribution in [0.3, 0.4) is 0 Å². The Kier molecular flexibility index (Phi) is 3.75. The van der Waals surface area contributed by atoms with E-state index in [9.17, 15) is 4.79 Å². The van der Waals surface area contributed by atoms with Gasteiger partial charge in [-0.2, -0.15) is 0 Å². The third-order valence-electron chi connectivity index (χ3n) is 2.56. The van der Waals surface area contributed by atoms with Gasteiger partial charge < -0.3 is 9.30 Å². The van der Waals surface area contributed by atoms with Gasteiger partial charge in [0.25, 0.3) is 5.88 Å². The maximum atomic E-state index is 12.3. The minimum Gasteiger partial charge on any atom is -0.435 e. The van der Waals surface area contributed by atoms with Gasteiger partial charge in [0.2, 0.25) is 0 Å². The predicted molar refractivity (Wildman–Crippen MR) is 77.7 cm³/mol. The quantitative estimate of drug-likeness (QED) is 0.849. The molecule has 2 rings (SSSR count). The van der Waals surface area contributed by atoms with E-state index in [-0.39, 0.29) is 17.0 Å². The summed E-state index contributed by atoms with van der Waals surface area (Å²) in [6, 6.07) is 7.25. The van der Waals surface area contributed by atoms with Crippen LogP contribution in [0.25, 0.3) is 0 Å². The van der Waals surface area contributed by atoms with Crippen LogP contribution in [0.2, 0.25) is 0 Å². The van der Waals surface area contributed by atoms with Gasteiger partial charge in [-0.1, -0.05) is 15.9 Å². The standard InChI is InChI=1S/C14H15BrN2O2/c1-14(2,3)17-9-8-16-12(13(17)18)19-11-6-4-10(15)5-7-11/h4-9H,1-3H3. The number of rotatable bonds is 2. The highest BCUT2D eigenvalue weighted by molar-refractivity contribution is 9.10. The highest BCUT2D eigenvalue weighted by atomic mass is 79.9. The molecule has 1 aromatic carbocycles. The Labute approximate surface area is 120 Å². The first-order valence-electron chi connectivity index (χ1n) is 5.89. The van der Waals surface area contributed by atoms with Crippen molar-refractivity contribution < 1.29 is 4.74 Å². The molecule has 0 amide bonds. The first kappa shape index (κ1) is 13.8. The van der Waals surface area contributed by atoms with E-state index in [0.717, 1.165) is 4.47 Å². The van der Waals surface area contributed by atoms with Crippen LogP contribution in [0.1, 0.15) is 20.8 Å². The third kappa shape index (κ3) is 3.23. The summed E-state index contributed by atoms with van der Waals surface area (Å²) < 4.78 is 8.09. The van der Waals surface area contributed by atoms with Crippen LogP contribution in [0.5, 0.6) is 11.6 Å². The molecule has 0 radical (unpaired) electrons. The molecule has 0 aliphatic carbocycles. The number of nitrogens with zero attached hydrogens (tertiary/aromatic N) is 2. The second kappa shape index (κ2) is 5.17. The topological polar surface area (TPSA) is 44.1 Å². The summed E-state index contributed by atoms with van der Waals surface area (Å²) in [7, 11) is 0. The van der Waals surface area contributed by atoms with Gasteiger partial charge in [0.1, 0.15) is 5.75 Å². The zero-order valence-corrected chi connectivity index (χ0v) is 12.6. The largest absolute Gasteiger partial charge is 0.435 e. The van der Waals surface area contributed by atoms with E-state index < -0.39 is 0 Å². The van der Waals surface area contributed by atoms with Gasteiger partial charge in [-0.05, 0) is 45.0 Å². The van der Waals surface area contributed by atoms with Crippen LogP contribution in [0, 0.1) is 0 Å². The van der Waals surface area contributed by atoms with Crippen molar-refractivity contribution in [2.24, 2.45) is 0 Å². The smallest absolute Gasteiger partial charge is 0.314 e. The number of benzene rings is 1. The van der Waals surface area contributed by atoms with Crippen molar-refractivity contribution in [3.63, 3.8) is 0 Å². The lowest BCUT2D eigenvalue weighted by Gasteiger charge is -2.22. The molecule has 100 valence electrons. The number of hydrogen-bond acceptors (Lipinski definition) is 3. The Hall–Kier alpha value is -1.62. The Balaban J connectivity index is 2.37. The minimum absolute atomic E-state index is 0.0831. The van der Waals surface area contributed by atoms with Crippen molar-refractivity contribution >= 4 is 15.9 Å². The van der Waals surface area contributed by atoms with Gasteiger partial charge in [-0.25, -0.2) is 4.98 Å². The maximum absolute atomic E-state index is 12.3. The average molecular weight is 323 g/mol. The van der Waals surface area contributed by atoms with Crippen molar-refractivity contribution in [2.75, 3.05) is 0 Å². The summed E-state index contributed by atoms with van der Waals surface area (Å²) in [5.41, 5.74) is -0.546. The molecule has 19 heavy (non-hydrogen) atoms. The minimum atomic E-state index is -0.308. The lowest BCUT2D eigenvalue weighted by molar-refractivity contribution is 0.363. The number of halogens is 1. The summed E-state index contributed by atoms with van der Waals surface area (Å²) in [5.74, 6) is 0.666. The lowest BCUT2D eigenvalue weighted by Crippen LogP contribution is -2.34. The molecule has 0 saturated heterocycles. The van der Waals surface area contributed by atoms with Gasteiger partial charge in [0.05, 0.1) is 0 Å². The molecule has 0 bridgehead atoms. The average Bonchev–Trinajstić information content (AvgIpc) is 2.33. The molecule has 0 unspecified atom stereocenters. The molecule has 2 aromatic rings. The van der Waals surface area contributed by atoms with Crippen LogP contribution in [0.15, 0.2) is 45.9 Å². The number of aromatic nitrogens is 2. The summed E-state index contributed by atoms with van der Waals surface area (Å²) in [5, 5.41) is 0. The van der Waals surface area contributed by atoms with Crippen molar-refractivity contribution in [2.45, 2.75) is 26.3 Å². The molecule has 0 aliphatic rings. The van der Waals surface area contributed by atoms with Crippen molar-refractivity contribution in [3.8, 4) is 11.6 Å². The molecule has 4 nitrogen and oxygen atoms in total. The van der Waals surface area contributed by atoms with Crippen molar-refractivity contribution in [1.29, 1.82) is 0 Å². The number of ether oxygens (including phenoxy) is 1. The Bertz CT molecular complexity index is 627.